The largest absolute Gasteiger partial charge is 0.393 e. The second-order valence-electron chi connectivity index (χ2n) is 16.5. The van der Waals surface area contributed by atoms with E-state index in [1.54, 1.807) is 0 Å². The van der Waals surface area contributed by atoms with Crippen molar-refractivity contribution in [1.29, 1.82) is 0 Å². The predicted octanol–water partition coefficient (Wildman–Crippen LogP) is 6.93. The third-order valence-electron chi connectivity index (χ3n) is 13.9. The van der Waals surface area contributed by atoms with Crippen LogP contribution in [0.3, 0.4) is 0 Å². The van der Waals surface area contributed by atoms with Crippen molar-refractivity contribution >= 4 is 0 Å². The maximum Gasteiger partial charge on any atom is 0.0577 e. The van der Waals surface area contributed by atoms with Crippen LogP contribution in [0.25, 0.3) is 0 Å². The van der Waals surface area contributed by atoms with Crippen LogP contribution in [0.4, 0.5) is 0 Å². The Morgan fingerprint density at radius 1 is 0.800 bits per heavy atom. The molecule has 4 saturated carbocycles. The average molecular weight is 623 g/mol. The maximum absolute atomic E-state index is 11.8. The number of aryl methyl sites for hydroxylation is 1. The summed E-state index contributed by atoms with van der Waals surface area (Å²) in [7, 11) is 0. The zero-order valence-corrected chi connectivity index (χ0v) is 29.4. The summed E-state index contributed by atoms with van der Waals surface area (Å²) in [6.45, 7) is 14.1. The molecule has 3 unspecified atom stereocenters. The van der Waals surface area contributed by atoms with Gasteiger partial charge in [-0.05, 0) is 181 Å². The number of benzene rings is 1. The molecule has 1 aromatic carbocycles. The van der Waals surface area contributed by atoms with E-state index in [0.717, 1.165) is 75.8 Å². The van der Waals surface area contributed by atoms with Crippen molar-refractivity contribution in [3.05, 3.63) is 35.9 Å². The number of rotatable bonds is 18. The van der Waals surface area contributed by atoms with Gasteiger partial charge in [-0.2, -0.15) is 0 Å². The topological polar surface area (TPSA) is 82.3 Å². The Balaban J connectivity index is 1.04. The van der Waals surface area contributed by atoms with Crippen LogP contribution in [-0.4, -0.2) is 56.5 Å². The van der Waals surface area contributed by atoms with Crippen LogP contribution < -0.4 is 21.7 Å². The lowest BCUT2D eigenvalue weighted by atomic mass is 9.43. The van der Waals surface area contributed by atoms with E-state index >= 15 is 0 Å². The van der Waals surface area contributed by atoms with E-state index in [9.17, 15) is 5.11 Å². The summed E-state index contributed by atoms with van der Waals surface area (Å²) in [6.07, 6.45) is 19.0. The zero-order chi connectivity index (χ0) is 31.7. The minimum atomic E-state index is -0.0938. The predicted molar refractivity (Wildman–Crippen MR) is 190 cm³/mol. The standard InChI is InChI=1S/C40H70N4O/c1-30(12-9-15-31-13-5-4-6-14-31)34-16-17-35-38-36(19-21-40(34,35)3)39(2)20-18-33(28-32(39)29-37(38)45)44-27-11-26-43-24-8-7-23-42-25-10-22-41/h4-6,13-14,30,32-38,42-45H,7-12,15-29,41H2,1-3H3/t30-,32-,33+,34-,35?,36?,37+,38?,39+,40-/m1/s1. The van der Waals surface area contributed by atoms with Gasteiger partial charge in [0.15, 0.2) is 0 Å². The molecule has 1 aromatic rings. The molecule has 10 atom stereocenters. The molecule has 0 spiro atoms. The number of aliphatic hydroxyl groups excluding tert-OH is 1. The Morgan fingerprint density at radius 2 is 1.49 bits per heavy atom. The molecule has 5 nitrogen and oxygen atoms in total. The molecular weight excluding hydrogens is 552 g/mol. The molecule has 0 aliphatic heterocycles. The first-order chi connectivity index (χ1) is 21.9. The van der Waals surface area contributed by atoms with E-state index in [1.807, 2.05) is 0 Å². The molecule has 0 radical (unpaired) electrons. The summed E-state index contributed by atoms with van der Waals surface area (Å²) in [5, 5.41) is 22.9. The summed E-state index contributed by atoms with van der Waals surface area (Å²) in [5.74, 6) is 4.27. The number of nitrogens with one attached hydrogen (secondary N) is 3. The normalized spacial score (nSPS) is 36.7. The SMILES string of the molecule is C[C@H](CCCc1ccccc1)[C@H]1CCC2C3C(CC[C@@]21C)[C@@]1(C)CC[C@H](NCCCNCCCCNCCCN)C[C@@H]1C[C@@H]3O. The maximum atomic E-state index is 11.8. The van der Waals surface area contributed by atoms with Gasteiger partial charge in [0.05, 0.1) is 6.10 Å². The van der Waals surface area contributed by atoms with Crippen molar-refractivity contribution in [3.63, 3.8) is 0 Å². The van der Waals surface area contributed by atoms with Crippen LogP contribution in [0, 0.1) is 46.3 Å². The Labute approximate surface area is 277 Å². The number of hydrogen-bond donors (Lipinski definition) is 5. The van der Waals surface area contributed by atoms with Crippen LogP contribution >= 0.6 is 0 Å². The Bertz CT molecular complexity index is 990. The van der Waals surface area contributed by atoms with Crippen molar-refractivity contribution in [2.75, 3.05) is 39.3 Å². The molecular formula is C40H70N4O. The quantitative estimate of drug-likeness (QED) is 0.115. The molecule has 4 aliphatic rings. The van der Waals surface area contributed by atoms with Crippen LogP contribution in [0.15, 0.2) is 30.3 Å². The van der Waals surface area contributed by atoms with E-state index in [4.69, 9.17) is 5.73 Å². The van der Waals surface area contributed by atoms with Gasteiger partial charge in [0.2, 0.25) is 0 Å². The van der Waals surface area contributed by atoms with E-state index in [1.165, 1.54) is 89.0 Å². The van der Waals surface area contributed by atoms with Gasteiger partial charge >= 0.3 is 0 Å². The van der Waals surface area contributed by atoms with Crippen molar-refractivity contribution in [1.82, 2.24) is 16.0 Å². The fourth-order valence-corrected chi connectivity index (χ4v) is 11.4. The molecule has 0 aromatic heterocycles. The summed E-state index contributed by atoms with van der Waals surface area (Å²) in [4.78, 5) is 0. The van der Waals surface area contributed by atoms with Crippen LogP contribution in [0.2, 0.25) is 0 Å². The van der Waals surface area contributed by atoms with Crippen molar-refractivity contribution in [2.45, 2.75) is 129 Å². The number of aliphatic hydroxyl groups is 1. The Hall–Kier alpha value is -0.980. The first kappa shape index (κ1) is 35.3. The molecule has 4 aliphatic carbocycles. The molecule has 0 bridgehead atoms. The molecule has 6 N–H and O–H groups in total. The first-order valence-electron chi connectivity index (χ1n) is 19.4. The molecule has 256 valence electrons. The van der Waals surface area contributed by atoms with Gasteiger partial charge in [0.25, 0.3) is 0 Å². The highest BCUT2D eigenvalue weighted by molar-refractivity contribution is 5.15. The number of unbranched alkanes of at least 4 members (excludes halogenated alkanes) is 1. The fraction of sp³-hybridized carbons (Fsp3) is 0.850. The highest BCUT2D eigenvalue weighted by Crippen LogP contribution is 2.68. The van der Waals surface area contributed by atoms with Gasteiger partial charge in [-0.1, -0.05) is 57.5 Å². The molecule has 5 rings (SSSR count). The van der Waals surface area contributed by atoms with Crippen LogP contribution in [-0.2, 0) is 6.42 Å². The molecule has 5 heteroatoms. The van der Waals surface area contributed by atoms with Crippen molar-refractivity contribution in [3.8, 4) is 0 Å². The van der Waals surface area contributed by atoms with E-state index in [2.05, 4.69) is 67.1 Å². The minimum absolute atomic E-state index is 0.0938. The smallest absolute Gasteiger partial charge is 0.0577 e. The Morgan fingerprint density at radius 3 is 2.24 bits per heavy atom. The second kappa shape index (κ2) is 16.9. The third-order valence-corrected chi connectivity index (χ3v) is 13.9. The highest BCUT2D eigenvalue weighted by atomic mass is 16.3. The molecule has 45 heavy (non-hydrogen) atoms. The van der Waals surface area contributed by atoms with E-state index in [-0.39, 0.29) is 6.10 Å². The summed E-state index contributed by atoms with van der Waals surface area (Å²) >= 11 is 0. The highest BCUT2D eigenvalue weighted by Gasteiger charge is 2.62. The van der Waals surface area contributed by atoms with Gasteiger partial charge < -0.3 is 26.8 Å². The molecule has 0 amide bonds. The second-order valence-corrected chi connectivity index (χ2v) is 16.5. The number of fused-ring (bicyclic) bond motifs is 5. The molecule has 0 heterocycles. The third kappa shape index (κ3) is 8.55. The average Bonchev–Trinajstić information content (AvgIpc) is 3.40. The molecule has 0 saturated heterocycles. The summed E-state index contributed by atoms with van der Waals surface area (Å²) in [6, 6.07) is 11.7. The van der Waals surface area contributed by atoms with Gasteiger partial charge in [-0.25, -0.2) is 0 Å². The van der Waals surface area contributed by atoms with Crippen LogP contribution in [0.5, 0.6) is 0 Å². The minimum Gasteiger partial charge on any atom is -0.393 e. The lowest BCUT2D eigenvalue weighted by Gasteiger charge is -2.62. The zero-order valence-electron chi connectivity index (χ0n) is 29.4. The van der Waals surface area contributed by atoms with E-state index in [0.29, 0.717) is 28.7 Å². The fourth-order valence-electron chi connectivity index (χ4n) is 11.4. The van der Waals surface area contributed by atoms with Crippen molar-refractivity contribution < 1.29 is 5.11 Å². The van der Waals surface area contributed by atoms with Gasteiger partial charge in [-0.15, -0.1) is 0 Å². The number of nitrogens with two attached hydrogens (primary N) is 1. The first-order valence-corrected chi connectivity index (χ1v) is 19.4. The van der Waals surface area contributed by atoms with Crippen LogP contribution in [0.1, 0.15) is 116 Å². The Kier molecular flexibility index (Phi) is 13.3. The lowest BCUT2D eigenvalue weighted by Crippen LogP contribution is -2.59. The monoisotopic (exact) mass is 623 g/mol. The van der Waals surface area contributed by atoms with Gasteiger partial charge in [0, 0.05) is 6.04 Å². The summed E-state index contributed by atoms with van der Waals surface area (Å²) in [5.41, 5.74) is 7.88. The van der Waals surface area contributed by atoms with Crippen molar-refractivity contribution in [2.24, 2.45) is 52.1 Å². The van der Waals surface area contributed by atoms with E-state index < -0.39 is 0 Å². The molecule has 4 fully saturated rings. The summed E-state index contributed by atoms with van der Waals surface area (Å²) < 4.78 is 0. The number of hydrogen-bond acceptors (Lipinski definition) is 5. The lowest BCUT2D eigenvalue weighted by molar-refractivity contribution is -0.167. The van der Waals surface area contributed by atoms with Gasteiger partial charge in [-0.3, -0.25) is 0 Å². The van der Waals surface area contributed by atoms with Gasteiger partial charge in [0.1, 0.15) is 0 Å².